The lowest BCUT2D eigenvalue weighted by Gasteiger charge is -2.30. The van der Waals surface area contributed by atoms with Crippen LogP contribution in [0.1, 0.15) is 12.5 Å². The van der Waals surface area contributed by atoms with Crippen molar-refractivity contribution in [1.82, 2.24) is 5.32 Å². The van der Waals surface area contributed by atoms with Crippen LogP contribution in [-0.4, -0.2) is 5.91 Å². The van der Waals surface area contributed by atoms with Crippen molar-refractivity contribution in [2.24, 2.45) is 0 Å². The summed E-state index contributed by atoms with van der Waals surface area (Å²) in [5, 5.41) is 6.59. The lowest BCUT2D eigenvalue weighted by molar-refractivity contribution is -0.118. The normalized spacial score (nSPS) is 12.1. The molecule has 0 aliphatic rings. The summed E-state index contributed by atoms with van der Waals surface area (Å²) < 4.78 is 0.601. The van der Waals surface area contributed by atoms with Gasteiger partial charge in [-0.15, -0.1) is 11.8 Å². The Bertz CT molecular complexity index is 1150. The molecular formula is C29H26ClNOPS+. The van der Waals surface area contributed by atoms with E-state index in [1.54, 1.807) is 18.7 Å². The Labute approximate surface area is 211 Å². The Morgan fingerprint density at radius 3 is 1.47 bits per heavy atom. The van der Waals surface area contributed by atoms with Gasteiger partial charge in [-0.2, -0.15) is 0 Å². The minimum Gasteiger partial charge on any atom is -0.295 e. The summed E-state index contributed by atoms with van der Waals surface area (Å²) in [4.78, 5) is 12.6. The standard InChI is InChI=1S/C29H25ClNOPS/c1-23(32)31-29(28(30)34-22-24-14-6-2-7-15-24)33(25-16-8-3-9-17-25,26-18-10-4-11-19-26)27-20-12-5-13-21-27/h2-21H,22H2,1H3/p+1. The average molecular weight is 503 g/mol. The molecule has 0 heterocycles. The highest BCUT2D eigenvalue weighted by atomic mass is 35.5. The lowest BCUT2D eigenvalue weighted by Crippen LogP contribution is -2.38. The number of hydrogen-bond acceptors (Lipinski definition) is 2. The molecule has 0 saturated heterocycles. The molecule has 0 aliphatic carbocycles. The average Bonchev–Trinajstić information content (AvgIpc) is 2.89. The molecule has 170 valence electrons. The molecule has 0 atom stereocenters. The number of halogens is 1. The molecule has 0 radical (unpaired) electrons. The quantitative estimate of drug-likeness (QED) is 0.282. The van der Waals surface area contributed by atoms with E-state index in [0.29, 0.717) is 10.1 Å². The van der Waals surface area contributed by atoms with Crippen LogP contribution in [0.3, 0.4) is 0 Å². The van der Waals surface area contributed by atoms with Crippen LogP contribution in [0.2, 0.25) is 0 Å². The van der Waals surface area contributed by atoms with Crippen LogP contribution in [0.25, 0.3) is 0 Å². The number of nitrogens with one attached hydrogen (secondary N) is 1. The maximum absolute atomic E-state index is 12.6. The number of carbonyl (C=O) groups is 1. The number of hydrogen-bond donors (Lipinski definition) is 1. The number of thioether (sulfide) groups is 1. The van der Waals surface area contributed by atoms with E-state index < -0.39 is 7.26 Å². The molecule has 0 unspecified atom stereocenters. The van der Waals surface area contributed by atoms with E-state index in [4.69, 9.17) is 11.6 Å². The molecule has 2 nitrogen and oxygen atoms in total. The summed E-state index contributed by atoms with van der Waals surface area (Å²) in [5.74, 6) is 0.571. The van der Waals surface area contributed by atoms with Crippen molar-refractivity contribution < 1.29 is 4.79 Å². The van der Waals surface area contributed by atoms with Gasteiger partial charge in [-0.05, 0) is 42.0 Å². The summed E-state index contributed by atoms with van der Waals surface area (Å²) in [6, 6.07) is 41.4. The van der Waals surface area contributed by atoms with Crippen LogP contribution in [0.5, 0.6) is 0 Å². The van der Waals surface area contributed by atoms with Gasteiger partial charge in [-0.1, -0.05) is 96.5 Å². The Kier molecular flexibility index (Phi) is 8.24. The maximum atomic E-state index is 12.6. The maximum Gasteiger partial charge on any atom is 0.223 e. The van der Waals surface area contributed by atoms with E-state index in [0.717, 1.165) is 21.4 Å². The van der Waals surface area contributed by atoms with Gasteiger partial charge in [0.25, 0.3) is 0 Å². The molecular weight excluding hydrogens is 477 g/mol. The Morgan fingerprint density at radius 2 is 1.09 bits per heavy atom. The molecule has 0 bridgehead atoms. The zero-order valence-corrected chi connectivity index (χ0v) is 21.4. The second-order valence-electron chi connectivity index (χ2n) is 7.76. The fraction of sp³-hybridized carbons (Fsp3) is 0.0690. The third-order valence-electron chi connectivity index (χ3n) is 5.45. The first kappa shape index (κ1) is 24.3. The molecule has 0 saturated carbocycles. The van der Waals surface area contributed by atoms with E-state index in [1.807, 2.05) is 72.8 Å². The van der Waals surface area contributed by atoms with Gasteiger partial charge in [-0.3, -0.25) is 10.1 Å². The SMILES string of the molecule is CC(=O)NC(=C(Cl)SCc1ccccc1)[P+](c1ccccc1)(c1ccccc1)c1ccccc1. The molecule has 0 aromatic heterocycles. The van der Waals surface area contributed by atoms with Gasteiger partial charge in [0.05, 0.1) is 0 Å². The number of benzene rings is 4. The molecule has 4 aromatic carbocycles. The third-order valence-corrected chi connectivity index (χ3v) is 11.4. The molecule has 1 N–H and O–H groups in total. The molecule has 0 fully saturated rings. The minimum absolute atomic E-state index is 0.138. The first-order valence-electron chi connectivity index (χ1n) is 11.0. The van der Waals surface area contributed by atoms with Crippen molar-refractivity contribution in [3.05, 3.63) is 137 Å². The summed E-state index contributed by atoms with van der Waals surface area (Å²) in [6.45, 7) is 1.54. The van der Waals surface area contributed by atoms with E-state index in [9.17, 15) is 4.79 Å². The zero-order valence-electron chi connectivity index (χ0n) is 18.9. The minimum atomic E-state index is -2.50. The van der Waals surface area contributed by atoms with Gasteiger partial charge >= 0.3 is 0 Å². The van der Waals surface area contributed by atoms with E-state index >= 15 is 0 Å². The smallest absolute Gasteiger partial charge is 0.223 e. The van der Waals surface area contributed by atoms with Crippen LogP contribution in [0.4, 0.5) is 0 Å². The zero-order chi connectivity index (χ0) is 23.8. The van der Waals surface area contributed by atoms with Gasteiger partial charge in [0, 0.05) is 12.7 Å². The van der Waals surface area contributed by atoms with Crippen molar-refractivity contribution in [1.29, 1.82) is 0 Å². The molecule has 4 aromatic rings. The number of rotatable bonds is 8. The monoisotopic (exact) mass is 502 g/mol. The summed E-state index contributed by atoms with van der Waals surface area (Å²) in [5.41, 5.74) is 1.95. The molecule has 0 aliphatic heterocycles. The van der Waals surface area contributed by atoms with Gasteiger partial charge in [0.1, 0.15) is 20.3 Å². The second kappa shape index (κ2) is 11.5. The van der Waals surface area contributed by atoms with Gasteiger partial charge in [0.15, 0.2) is 7.26 Å². The Morgan fingerprint density at radius 1 is 0.706 bits per heavy atom. The van der Waals surface area contributed by atoms with Crippen molar-refractivity contribution in [2.75, 3.05) is 0 Å². The van der Waals surface area contributed by atoms with Crippen LogP contribution < -0.4 is 21.2 Å². The van der Waals surface area contributed by atoms with Crippen LogP contribution in [-0.2, 0) is 10.5 Å². The summed E-state index contributed by atoms with van der Waals surface area (Å²) in [6.07, 6.45) is 0. The molecule has 5 heteroatoms. The first-order chi connectivity index (χ1) is 16.6. The predicted molar refractivity (Wildman–Crippen MR) is 150 cm³/mol. The highest BCUT2D eigenvalue weighted by Gasteiger charge is 2.52. The van der Waals surface area contributed by atoms with Crippen LogP contribution >= 0.6 is 30.6 Å². The highest BCUT2D eigenvalue weighted by molar-refractivity contribution is 8.05. The highest BCUT2D eigenvalue weighted by Crippen LogP contribution is 2.63. The van der Waals surface area contributed by atoms with Gasteiger partial charge < -0.3 is 0 Å². The largest absolute Gasteiger partial charge is 0.295 e. The summed E-state index contributed by atoms with van der Waals surface area (Å²) >= 11 is 8.68. The molecule has 34 heavy (non-hydrogen) atoms. The van der Waals surface area contributed by atoms with Crippen LogP contribution in [0.15, 0.2) is 131 Å². The van der Waals surface area contributed by atoms with Crippen molar-refractivity contribution in [2.45, 2.75) is 12.7 Å². The van der Waals surface area contributed by atoms with E-state index in [-0.39, 0.29) is 5.91 Å². The first-order valence-corrected chi connectivity index (χ1v) is 14.2. The number of carbonyl (C=O) groups excluding carboxylic acids is 1. The Balaban J connectivity index is 2.00. The van der Waals surface area contributed by atoms with Crippen molar-refractivity contribution in [3.8, 4) is 0 Å². The lowest BCUT2D eigenvalue weighted by atomic mass is 10.2. The van der Waals surface area contributed by atoms with E-state index in [1.165, 1.54) is 5.56 Å². The topological polar surface area (TPSA) is 29.1 Å². The van der Waals surface area contributed by atoms with Crippen LogP contribution in [0, 0.1) is 0 Å². The predicted octanol–water partition coefficient (Wildman–Crippen LogP) is 6.42. The van der Waals surface area contributed by atoms with Gasteiger partial charge in [0.2, 0.25) is 11.3 Å². The van der Waals surface area contributed by atoms with Crippen molar-refractivity contribution >= 4 is 52.4 Å². The fourth-order valence-electron chi connectivity index (χ4n) is 4.01. The van der Waals surface area contributed by atoms with Gasteiger partial charge in [-0.25, -0.2) is 0 Å². The molecule has 1 amide bonds. The molecule has 0 spiro atoms. The third kappa shape index (κ3) is 5.28. The Hall–Kier alpha value is -2.84. The van der Waals surface area contributed by atoms with E-state index in [2.05, 4.69) is 53.8 Å². The summed E-state index contributed by atoms with van der Waals surface area (Å²) in [7, 11) is -2.50. The van der Waals surface area contributed by atoms with Crippen molar-refractivity contribution in [3.63, 3.8) is 0 Å². The number of amides is 1. The fourth-order valence-corrected chi connectivity index (χ4v) is 10.00. The molecule has 4 rings (SSSR count). The second-order valence-corrected chi connectivity index (χ2v) is 12.7.